The number of hydrogen-bond acceptors (Lipinski definition) is 5. The van der Waals surface area contributed by atoms with Crippen LogP contribution in [0.5, 0.6) is 5.75 Å². The molecule has 0 saturated heterocycles. The van der Waals surface area contributed by atoms with E-state index >= 15 is 0 Å². The Bertz CT molecular complexity index is 1500. The van der Waals surface area contributed by atoms with E-state index < -0.39 is 44.6 Å². The van der Waals surface area contributed by atoms with Crippen LogP contribution in [0.4, 0.5) is 18.9 Å². The molecule has 1 aliphatic heterocycles. The van der Waals surface area contributed by atoms with Crippen molar-refractivity contribution in [3.63, 3.8) is 0 Å². The van der Waals surface area contributed by atoms with E-state index in [1.54, 1.807) is 42.5 Å². The number of anilines is 1. The first-order chi connectivity index (χ1) is 18.4. The Balaban J connectivity index is 1.49. The lowest BCUT2D eigenvalue weighted by molar-refractivity contribution is -0.138. The number of ether oxygens (including phenoxy) is 1. The maximum absolute atomic E-state index is 13.6. The van der Waals surface area contributed by atoms with Gasteiger partial charge in [-0.05, 0) is 47.5 Å². The number of carbonyl (C=O) groups is 2. The molecular weight excluding hydrogens is 605 g/mol. The molecule has 1 atom stereocenters. The molecule has 13 heteroatoms. The van der Waals surface area contributed by atoms with Gasteiger partial charge in [-0.2, -0.15) is 13.2 Å². The van der Waals surface area contributed by atoms with Gasteiger partial charge in [0.15, 0.2) is 0 Å². The molecule has 206 valence electrons. The number of nitrogens with one attached hydrogen (secondary N) is 1. The average Bonchev–Trinajstić information content (AvgIpc) is 3.27. The van der Waals surface area contributed by atoms with E-state index in [4.69, 9.17) is 9.84 Å². The first kappa shape index (κ1) is 28.4. The number of para-hydroxylation sites is 1. The van der Waals surface area contributed by atoms with Gasteiger partial charge >= 0.3 is 12.1 Å². The molecule has 1 aliphatic rings. The van der Waals surface area contributed by atoms with Crippen molar-refractivity contribution in [2.75, 3.05) is 17.5 Å². The fourth-order valence-electron chi connectivity index (χ4n) is 4.19. The van der Waals surface area contributed by atoms with Crippen LogP contribution in [0.3, 0.4) is 0 Å². The van der Waals surface area contributed by atoms with Gasteiger partial charge in [0, 0.05) is 10.9 Å². The minimum Gasteiger partial charge on any atom is -0.492 e. The molecule has 0 radical (unpaired) electrons. The molecule has 3 aromatic carbocycles. The second kappa shape index (κ2) is 11.3. The summed E-state index contributed by atoms with van der Waals surface area (Å²) in [6, 6.07) is 14.2. The molecule has 4 rings (SSSR count). The van der Waals surface area contributed by atoms with Gasteiger partial charge in [0.2, 0.25) is 5.91 Å². The Morgan fingerprint density at radius 3 is 2.44 bits per heavy atom. The van der Waals surface area contributed by atoms with Crippen LogP contribution in [0, 0.1) is 0 Å². The number of alkyl halides is 3. The Hall–Kier alpha value is -3.58. The van der Waals surface area contributed by atoms with E-state index in [1.807, 2.05) is 0 Å². The second-order valence-corrected chi connectivity index (χ2v) is 11.3. The quantitative estimate of drug-likeness (QED) is 0.340. The van der Waals surface area contributed by atoms with Crippen LogP contribution in [0.15, 0.2) is 76.1 Å². The van der Waals surface area contributed by atoms with Gasteiger partial charge in [-0.1, -0.05) is 46.3 Å². The summed E-state index contributed by atoms with van der Waals surface area (Å²) >= 11 is 2.81. The van der Waals surface area contributed by atoms with Gasteiger partial charge in [-0.25, -0.2) is 8.42 Å². The van der Waals surface area contributed by atoms with Crippen molar-refractivity contribution in [1.29, 1.82) is 0 Å². The molecule has 2 N–H and O–H groups in total. The van der Waals surface area contributed by atoms with Crippen molar-refractivity contribution < 1.29 is 41.0 Å². The third kappa shape index (κ3) is 6.36. The number of hydrogen-bond donors (Lipinski definition) is 2. The fraction of sp³-hybridized carbons (Fsp3) is 0.231. The number of nitrogens with zero attached hydrogens (tertiary/aromatic N) is 1. The van der Waals surface area contributed by atoms with Crippen molar-refractivity contribution in [2.24, 2.45) is 0 Å². The van der Waals surface area contributed by atoms with Crippen molar-refractivity contribution in [1.82, 2.24) is 5.32 Å². The number of rotatable bonds is 9. The Morgan fingerprint density at radius 1 is 1.08 bits per heavy atom. The van der Waals surface area contributed by atoms with E-state index in [0.29, 0.717) is 22.9 Å². The predicted molar refractivity (Wildman–Crippen MR) is 139 cm³/mol. The van der Waals surface area contributed by atoms with Crippen LogP contribution in [0.1, 0.15) is 16.7 Å². The van der Waals surface area contributed by atoms with Crippen molar-refractivity contribution >= 4 is 43.5 Å². The molecule has 39 heavy (non-hydrogen) atoms. The highest BCUT2D eigenvalue weighted by Gasteiger charge is 2.43. The van der Waals surface area contributed by atoms with Crippen LogP contribution in [-0.4, -0.2) is 44.6 Å². The minimum atomic E-state index is -4.79. The number of fused-ring (bicyclic) bond motifs is 1. The Morgan fingerprint density at radius 2 is 1.77 bits per heavy atom. The molecule has 3 aromatic rings. The lowest BCUT2D eigenvalue weighted by Crippen LogP contribution is -2.48. The number of carboxylic acids is 1. The maximum Gasteiger partial charge on any atom is 0.417 e. The van der Waals surface area contributed by atoms with Gasteiger partial charge in [0.1, 0.15) is 18.4 Å². The van der Waals surface area contributed by atoms with Gasteiger partial charge in [0.05, 0.1) is 29.1 Å². The fourth-order valence-corrected chi connectivity index (χ4v) is 6.34. The maximum atomic E-state index is 13.6. The second-order valence-electron chi connectivity index (χ2n) is 8.64. The van der Waals surface area contributed by atoms with Gasteiger partial charge < -0.3 is 15.2 Å². The zero-order valence-corrected chi connectivity index (χ0v) is 22.5. The smallest absolute Gasteiger partial charge is 0.417 e. The summed E-state index contributed by atoms with van der Waals surface area (Å²) in [5.74, 6) is -1.15. The molecule has 1 heterocycles. The van der Waals surface area contributed by atoms with Crippen LogP contribution in [-0.2, 0) is 38.6 Å². The zero-order valence-electron chi connectivity index (χ0n) is 20.1. The molecule has 0 aliphatic carbocycles. The summed E-state index contributed by atoms with van der Waals surface area (Å²) in [6.07, 6.45) is -4.88. The topological polar surface area (TPSA) is 113 Å². The molecule has 0 spiro atoms. The summed E-state index contributed by atoms with van der Waals surface area (Å²) in [5.41, 5.74) is 0.225. The van der Waals surface area contributed by atoms with E-state index in [-0.39, 0.29) is 36.2 Å². The summed E-state index contributed by atoms with van der Waals surface area (Å²) in [4.78, 5) is 23.3. The lowest BCUT2D eigenvalue weighted by atomic mass is 10.1. The number of halogens is 4. The van der Waals surface area contributed by atoms with Gasteiger partial charge in [-0.3, -0.25) is 13.9 Å². The van der Waals surface area contributed by atoms with Crippen molar-refractivity contribution in [3.05, 3.63) is 87.9 Å². The van der Waals surface area contributed by atoms with E-state index in [0.717, 1.165) is 16.4 Å². The first-order valence-electron chi connectivity index (χ1n) is 11.6. The number of carboxylic acid groups (broad SMARTS) is 1. The average molecular weight is 627 g/mol. The monoisotopic (exact) mass is 626 g/mol. The molecule has 1 amide bonds. The van der Waals surface area contributed by atoms with Gasteiger partial charge in [-0.15, -0.1) is 0 Å². The third-order valence-corrected chi connectivity index (χ3v) is 8.49. The van der Waals surface area contributed by atoms with E-state index in [9.17, 15) is 31.2 Å². The summed E-state index contributed by atoms with van der Waals surface area (Å²) in [7, 11) is -4.55. The van der Waals surface area contributed by atoms with Gasteiger partial charge in [0.25, 0.3) is 10.0 Å². The summed E-state index contributed by atoms with van der Waals surface area (Å²) in [6.45, 7) is 0.0606. The predicted octanol–water partition coefficient (Wildman–Crippen LogP) is 4.41. The summed E-state index contributed by atoms with van der Waals surface area (Å²) < 4.78 is 73.7. The molecule has 0 aromatic heterocycles. The van der Waals surface area contributed by atoms with Crippen molar-refractivity contribution in [2.45, 2.75) is 30.0 Å². The molecule has 0 saturated carbocycles. The highest BCUT2D eigenvalue weighted by Crippen LogP contribution is 2.40. The molecule has 0 bridgehead atoms. The summed E-state index contributed by atoms with van der Waals surface area (Å²) in [5, 5.41) is 11.5. The highest BCUT2D eigenvalue weighted by atomic mass is 79.9. The minimum absolute atomic E-state index is 0.0208. The Kier molecular flexibility index (Phi) is 8.21. The van der Waals surface area contributed by atoms with Crippen LogP contribution < -0.4 is 14.4 Å². The number of amides is 1. The van der Waals surface area contributed by atoms with Crippen LogP contribution in [0.25, 0.3) is 0 Å². The van der Waals surface area contributed by atoms with Crippen molar-refractivity contribution in [3.8, 4) is 5.75 Å². The number of sulfonamides is 1. The molecule has 0 fully saturated rings. The normalized spacial score (nSPS) is 15.1. The molecule has 8 nitrogen and oxygen atoms in total. The van der Waals surface area contributed by atoms with Crippen LogP contribution >= 0.6 is 15.9 Å². The first-order valence-corrected chi connectivity index (χ1v) is 13.8. The highest BCUT2D eigenvalue weighted by molar-refractivity contribution is 9.10. The SMILES string of the molecule is O=C(O)Cc1ccc(OCCNC(=O)[C@@H]2Cc3ccccc3N2S(=O)(=O)c2ccc(Br)c(C(F)(F)F)c2)cc1. The third-order valence-electron chi connectivity index (χ3n) is 5.98. The van der Waals surface area contributed by atoms with Crippen LogP contribution in [0.2, 0.25) is 0 Å². The molecular formula is C26H22BrF3N2O6S. The van der Waals surface area contributed by atoms with E-state index in [1.165, 1.54) is 6.07 Å². The number of aliphatic carboxylic acids is 1. The largest absolute Gasteiger partial charge is 0.492 e. The van der Waals surface area contributed by atoms with E-state index in [2.05, 4.69) is 21.2 Å². The molecule has 0 unspecified atom stereocenters. The Labute approximate surface area is 230 Å². The lowest BCUT2D eigenvalue weighted by Gasteiger charge is -2.26. The standard InChI is InChI=1S/C26H22BrF3N2O6S/c27-21-10-9-19(15-20(21)26(28,29)30)39(36,37)32-22-4-2-1-3-17(22)14-23(32)25(35)31-11-12-38-18-7-5-16(6-8-18)13-24(33)34/h1-10,15,23H,11-14H2,(H,31,35)(H,33,34)/t23-/m0/s1. The number of benzene rings is 3. The number of carbonyl (C=O) groups excluding carboxylic acids is 1. The zero-order chi connectivity index (χ0) is 28.4.